The van der Waals surface area contributed by atoms with Crippen molar-refractivity contribution in [1.29, 1.82) is 0 Å². The molecule has 0 unspecified atom stereocenters. The third kappa shape index (κ3) is 3.18. The zero-order valence-electron chi connectivity index (χ0n) is 16.7. The van der Waals surface area contributed by atoms with Crippen molar-refractivity contribution in [2.75, 3.05) is 18.4 Å². The minimum Gasteiger partial charge on any atom is -0.381 e. The summed E-state index contributed by atoms with van der Waals surface area (Å²) in [6.45, 7) is 8.55. The Morgan fingerprint density at radius 3 is 2.70 bits per heavy atom. The molecule has 3 atom stereocenters. The summed E-state index contributed by atoms with van der Waals surface area (Å²) in [5.74, 6) is 1.73. The molecular formula is C25H32N2. The summed E-state index contributed by atoms with van der Waals surface area (Å²) in [6.07, 6.45) is 5.45. The van der Waals surface area contributed by atoms with Crippen LogP contribution in [0.5, 0.6) is 0 Å². The fourth-order valence-corrected chi connectivity index (χ4v) is 5.48. The molecule has 2 fully saturated rings. The van der Waals surface area contributed by atoms with Crippen LogP contribution in [0, 0.1) is 11.8 Å². The second-order valence-corrected chi connectivity index (χ2v) is 9.38. The molecule has 142 valence electrons. The molecule has 1 N–H and O–H groups in total. The predicted molar refractivity (Wildman–Crippen MR) is 113 cm³/mol. The minimum atomic E-state index is 0.322. The van der Waals surface area contributed by atoms with Gasteiger partial charge in [0.2, 0.25) is 0 Å². The highest BCUT2D eigenvalue weighted by molar-refractivity contribution is 5.53. The lowest BCUT2D eigenvalue weighted by Gasteiger charge is -2.55. The SMILES string of the molecule is C[C@@H]1[C@H]2Cc3ccc(NCc4ccccc4)cc3[C@]1(C)CCN2CC1CC1. The van der Waals surface area contributed by atoms with Crippen LogP contribution < -0.4 is 5.32 Å². The van der Waals surface area contributed by atoms with E-state index in [1.807, 2.05) is 0 Å². The summed E-state index contributed by atoms with van der Waals surface area (Å²) in [5, 5.41) is 3.65. The Morgan fingerprint density at radius 2 is 1.93 bits per heavy atom. The van der Waals surface area contributed by atoms with Gasteiger partial charge in [-0.25, -0.2) is 0 Å². The molecule has 1 aliphatic heterocycles. The van der Waals surface area contributed by atoms with E-state index in [2.05, 4.69) is 72.6 Å². The third-order valence-electron chi connectivity index (χ3n) is 7.65. The topological polar surface area (TPSA) is 15.3 Å². The van der Waals surface area contributed by atoms with E-state index in [9.17, 15) is 0 Å². The maximum atomic E-state index is 3.65. The molecule has 1 heterocycles. The first-order chi connectivity index (χ1) is 13.1. The van der Waals surface area contributed by atoms with Crippen molar-refractivity contribution in [1.82, 2.24) is 4.90 Å². The lowest BCUT2D eigenvalue weighted by molar-refractivity contribution is 0.0284. The second kappa shape index (κ2) is 6.67. The summed E-state index contributed by atoms with van der Waals surface area (Å²) in [7, 11) is 0. The van der Waals surface area contributed by atoms with Crippen molar-refractivity contribution in [3.05, 3.63) is 65.2 Å². The van der Waals surface area contributed by atoms with E-state index in [0.717, 1.165) is 24.4 Å². The van der Waals surface area contributed by atoms with Crippen LogP contribution in [0.15, 0.2) is 48.5 Å². The van der Waals surface area contributed by atoms with Crippen molar-refractivity contribution >= 4 is 5.69 Å². The molecule has 0 amide bonds. The van der Waals surface area contributed by atoms with Gasteiger partial charge >= 0.3 is 0 Å². The minimum absolute atomic E-state index is 0.322. The molecule has 0 aromatic heterocycles. The zero-order valence-corrected chi connectivity index (χ0v) is 16.7. The normalized spacial score (nSPS) is 30.0. The van der Waals surface area contributed by atoms with Gasteiger partial charge in [0.25, 0.3) is 0 Å². The van der Waals surface area contributed by atoms with Gasteiger partial charge in [-0.3, -0.25) is 4.90 Å². The van der Waals surface area contributed by atoms with Crippen LogP contribution in [0.4, 0.5) is 5.69 Å². The van der Waals surface area contributed by atoms with Gasteiger partial charge in [-0.2, -0.15) is 0 Å². The Balaban J connectivity index is 1.38. The van der Waals surface area contributed by atoms with Crippen molar-refractivity contribution < 1.29 is 0 Å². The maximum absolute atomic E-state index is 3.65. The van der Waals surface area contributed by atoms with Gasteiger partial charge in [0.05, 0.1) is 0 Å². The number of benzene rings is 2. The smallest absolute Gasteiger partial charge is 0.0400 e. The summed E-state index contributed by atoms with van der Waals surface area (Å²) < 4.78 is 0. The first-order valence-electron chi connectivity index (χ1n) is 10.8. The number of nitrogens with zero attached hydrogens (tertiary/aromatic N) is 1. The van der Waals surface area contributed by atoms with Crippen molar-refractivity contribution in [3.63, 3.8) is 0 Å². The van der Waals surface area contributed by atoms with Crippen molar-refractivity contribution in [3.8, 4) is 0 Å². The monoisotopic (exact) mass is 360 g/mol. The van der Waals surface area contributed by atoms with E-state index in [-0.39, 0.29) is 0 Å². The van der Waals surface area contributed by atoms with Crippen LogP contribution in [0.1, 0.15) is 49.8 Å². The highest BCUT2D eigenvalue weighted by Crippen LogP contribution is 2.49. The average Bonchev–Trinajstić information content (AvgIpc) is 3.50. The van der Waals surface area contributed by atoms with Crippen LogP contribution in [0.25, 0.3) is 0 Å². The van der Waals surface area contributed by atoms with E-state index in [4.69, 9.17) is 0 Å². The first kappa shape index (κ1) is 17.3. The summed E-state index contributed by atoms with van der Waals surface area (Å²) in [4.78, 5) is 2.83. The maximum Gasteiger partial charge on any atom is 0.0400 e. The standard InChI is InChI=1S/C25H32N2/c1-18-24-14-21-10-11-22(26-16-19-6-4-3-5-7-19)15-23(21)25(18,2)12-13-27(24)17-20-8-9-20/h3-7,10-11,15,18,20,24,26H,8-9,12-14,16-17H2,1-2H3/t18-,24-,25-/m1/s1. The Morgan fingerprint density at radius 1 is 1.11 bits per heavy atom. The van der Waals surface area contributed by atoms with E-state index in [0.29, 0.717) is 5.41 Å². The predicted octanol–water partition coefficient (Wildman–Crippen LogP) is 5.23. The lowest BCUT2D eigenvalue weighted by Crippen LogP contribution is -2.58. The molecule has 2 bridgehead atoms. The number of rotatable bonds is 5. The molecule has 1 saturated carbocycles. The average molecular weight is 361 g/mol. The molecule has 2 heteroatoms. The highest BCUT2D eigenvalue weighted by atomic mass is 15.2. The number of nitrogens with one attached hydrogen (secondary N) is 1. The van der Waals surface area contributed by atoms with E-state index in [1.165, 1.54) is 50.0 Å². The first-order valence-corrected chi connectivity index (χ1v) is 10.8. The van der Waals surface area contributed by atoms with Gasteiger partial charge in [0.15, 0.2) is 0 Å². The largest absolute Gasteiger partial charge is 0.381 e. The molecule has 2 aliphatic carbocycles. The number of anilines is 1. The van der Waals surface area contributed by atoms with E-state index < -0.39 is 0 Å². The van der Waals surface area contributed by atoms with Crippen LogP contribution in [0.3, 0.4) is 0 Å². The number of fused-ring (bicyclic) bond motifs is 4. The molecule has 3 aliphatic rings. The van der Waals surface area contributed by atoms with Gasteiger partial charge < -0.3 is 5.32 Å². The Kier molecular flexibility index (Phi) is 4.27. The van der Waals surface area contributed by atoms with Crippen LogP contribution in [-0.4, -0.2) is 24.0 Å². The van der Waals surface area contributed by atoms with Gasteiger partial charge in [-0.05, 0) is 78.3 Å². The van der Waals surface area contributed by atoms with Gasteiger partial charge in [-0.15, -0.1) is 0 Å². The Labute approximate surface area is 164 Å². The molecule has 5 rings (SSSR count). The molecule has 27 heavy (non-hydrogen) atoms. The van der Waals surface area contributed by atoms with Gasteiger partial charge in [-0.1, -0.05) is 50.2 Å². The van der Waals surface area contributed by atoms with Crippen molar-refractivity contribution in [2.24, 2.45) is 11.8 Å². The lowest BCUT2D eigenvalue weighted by atomic mass is 9.59. The van der Waals surface area contributed by atoms with Crippen LogP contribution in [-0.2, 0) is 18.4 Å². The second-order valence-electron chi connectivity index (χ2n) is 9.38. The molecule has 2 nitrogen and oxygen atoms in total. The molecule has 1 saturated heterocycles. The molecule has 2 aromatic rings. The number of likely N-dealkylation sites (tertiary alicyclic amines) is 1. The summed E-state index contributed by atoms with van der Waals surface area (Å²) in [5.41, 5.74) is 6.12. The number of hydrogen-bond acceptors (Lipinski definition) is 2. The van der Waals surface area contributed by atoms with Crippen LogP contribution in [0.2, 0.25) is 0 Å². The highest BCUT2D eigenvalue weighted by Gasteiger charge is 2.48. The number of piperidine rings is 1. The molecular weight excluding hydrogens is 328 g/mol. The van der Waals surface area contributed by atoms with Gasteiger partial charge in [0, 0.05) is 24.8 Å². The summed E-state index contributed by atoms with van der Waals surface area (Å²) >= 11 is 0. The summed E-state index contributed by atoms with van der Waals surface area (Å²) in [6, 6.07) is 18.6. The molecule has 2 aromatic carbocycles. The van der Waals surface area contributed by atoms with E-state index in [1.54, 1.807) is 11.1 Å². The Bertz CT molecular complexity index is 810. The molecule has 0 spiro atoms. The van der Waals surface area contributed by atoms with E-state index >= 15 is 0 Å². The number of hydrogen-bond donors (Lipinski definition) is 1. The van der Waals surface area contributed by atoms with Crippen molar-refractivity contribution in [2.45, 2.75) is 57.5 Å². The zero-order chi connectivity index (χ0) is 18.4. The quantitative estimate of drug-likeness (QED) is 0.785. The molecule has 0 radical (unpaired) electrons. The van der Waals surface area contributed by atoms with Gasteiger partial charge in [0.1, 0.15) is 0 Å². The Hall–Kier alpha value is -1.80. The van der Waals surface area contributed by atoms with Crippen LogP contribution >= 0.6 is 0 Å². The fourth-order valence-electron chi connectivity index (χ4n) is 5.48. The fraction of sp³-hybridized carbons (Fsp3) is 0.520. The third-order valence-corrected chi connectivity index (χ3v) is 7.65.